The smallest absolute Gasteiger partial charge is 0.269 e. The lowest BCUT2D eigenvalue weighted by atomic mass is 10.2. The summed E-state index contributed by atoms with van der Waals surface area (Å²) in [5.74, 6) is -0.543. The average molecular weight is 304 g/mol. The molecule has 0 bridgehead atoms. The Morgan fingerprint density at radius 1 is 1.14 bits per heavy atom. The van der Waals surface area contributed by atoms with Gasteiger partial charge in [0.2, 0.25) is 5.91 Å². The lowest BCUT2D eigenvalue weighted by molar-refractivity contribution is -0.119. The van der Waals surface area contributed by atoms with Crippen LogP contribution in [-0.2, 0) is 4.79 Å². The van der Waals surface area contributed by atoms with E-state index in [9.17, 15) is 9.59 Å². The van der Waals surface area contributed by atoms with E-state index in [-0.39, 0.29) is 11.8 Å². The van der Waals surface area contributed by atoms with Crippen molar-refractivity contribution in [3.05, 3.63) is 35.9 Å². The van der Waals surface area contributed by atoms with Crippen molar-refractivity contribution >= 4 is 34.4 Å². The minimum absolute atomic E-state index is 0.227. The summed E-state index contributed by atoms with van der Waals surface area (Å²) in [5.41, 5.74) is 5.11. The first-order valence-electron chi connectivity index (χ1n) is 3.94. The number of halogens is 1. The van der Waals surface area contributed by atoms with Gasteiger partial charge in [-0.1, -0.05) is 40.8 Å². The normalized spacial score (nSPS) is 9.21. The lowest BCUT2D eigenvalue weighted by Crippen LogP contribution is -2.42. The summed E-state index contributed by atoms with van der Waals surface area (Å²) >= 11 is 1.91. The Morgan fingerprint density at radius 3 is 2.36 bits per heavy atom. The highest BCUT2D eigenvalue weighted by Crippen LogP contribution is 1.96. The molecule has 0 aliphatic rings. The number of hydrazine groups is 1. The van der Waals surface area contributed by atoms with Crippen LogP contribution in [0.4, 0.5) is 0 Å². The molecule has 0 aromatic heterocycles. The molecule has 0 heterocycles. The zero-order chi connectivity index (χ0) is 10.4. The molecule has 2 amide bonds. The number of hydrogen-bond donors (Lipinski definition) is 2. The minimum Gasteiger partial charge on any atom is -0.272 e. The summed E-state index contributed by atoms with van der Waals surface area (Å²) in [6, 6.07) is 8.68. The van der Waals surface area contributed by atoms with Gasteiger partial charge in [0, 0.05) is 5.56 Å². The lowest BCUT2D eigenvalue weighted by Gasteiger charge is -2.04. The van der Waals surface area contributed by atoms with Gasteiger partial charge in [-0.15, -0.1) is 0 Å². The maximum atomic E-state index is 11.3. The number of hydrogen-bond acceptors (Lipinski definition) is 2. The summed E-state index contributed by atoms with van der Waals surface area (Å²) in [4.78, 5) is 22.2. The fourth-order valence-electron chi connectivity index (χ4n) is 0.822. The molecular formula is C9H9IN2O2. The van der Waals surface area contributed by atoms with E-state index in [1.807, 2.05) is 28.7 Å². The van der Waals surface area contributed by atoms with Crippen LogP contribution in [0.15, 0.2) is 30.3 Å². The van der Waals surface area contributed by atoms with Crippen molar-refractivity contribution in [2.24, 2.45) is 0 Å². The molecule has 0 saturated carbocycles. The third-order valence-electron chi connectivity index (χ3n) is 1.47. The number of amides is 2. The first kappa shape index (κ1) is 11.0. The Labute approximate surface area is 95.2 Å². The highest BCUT2D eigenvalue weighted by Gasteiger charge is 2.04. The standard InChI is InChI=1S/C9H9IN2O2/c10-6-8(13)11-12-9(14)7-4-2-1-3-5-7/h1-5H,6H2,(H,11,13)(H,12,14). The molecule has 0 radical (unpaired) electrons. The van der Waals surface area contributed by atoms with Crippen LogP contribution in [0.2, 0.25) is 0 Å². The molecule has 0 saturated heterocycles. The molecule has 0 aliphatic carbocycles. The molecule has 4 nitrogen and oxygen atoms in total. The number of nitrogens with one attached hydrogen (secondary N) is 2. The monoisotopic (exact) mass is 304 g/mol. The quantitative estimate of drug-likeness (QED) is 0.484. The van der Waals surface area contributed by atoms with Crippen molar-refractivity contribution < 1.29 is 9.59 Å². The maximum absolute atomic E-state index is 11.3. The van der Waals surface area contributed by atoms with Crippen LogP contribution in [0.25, 0.3) is 0 Å². The van der Waals surface area contributed by atoms with Gasteiger partial charge >= 0.3 is 0 Å². The van der Waals surface area contributed by atoms with Gasteiger partial charge in [-0.25, -0.2) is 0 Å². The van der Waals surface area contributed by atoms with Crippen LogP contribution in [0.1, 0.15) is 10.4 Å². The molecule has 0 unspecified atom stereocenters. The topological polar surface area (TPSA) is 58.2 Å². The summed E-state index contributed by atoms with van der Waals surface area (Å²) in [5, 5.41) is 0. The van der Waals surface area contributed by atoms with E-state index >= 15 is 0 Å². The van der Waals surface area contributed by atoms with Gasteiger partial charge in [-0.2, -0.15) is 0 Å². The van der Waals surface area contributed by atoms with Crippen LogP contribution in [0.3, 0.4) is 0 Å². The first-order valence-corrected chi connectivity index (χ1v) is 5.47. The molecule has 1 aromatic rings. The van der Waals surface area contributed by atoms with Crippen LogP contribution >= 0.6 is 22.6 Å². The third-order valence-corrected chi connectivity index (χ3v) is 2.17. The summed E-state index contributed by atoms with van der Waals surface area (Å²) in [6.07, 6.45) is 0. The number of carbonyl (C=O) groups is 2. The minimum atomic E-state index is -0.316. The Balaban J connectivity index is 2.48. The van der Waals surface area contributed by atoms with Gasteiger partial charge in [0.05, 0.1) is 4.43 Å². The van der Waals surface area contributed by atoms with Crippen molar-refractivity contribution in [1.82, 2.24) is 10.9 Å². The average Bonchev–Trinajstić information content (AvgIpc) is 2.26. The van der Waals surface area contributed by atoms with Gasteiger partial charge < -0.3 is 0 Å². The zero-order valence-corrected chi connectivity index (χ0v) is 9.45. The van der Waals surface area contributed by atoms with Gasteiger partial charge in [0.1, 0.15) is 0 Å². The van der Waals surface area contributed by atoms with Crippen LogP contribution < -0.4 is 10.9 Å². The largest absolute Gasteiger partial charge is 0.272 e. The number of alkyl halides is 1. The number of benzene rings is 1. The molecular weight excluding hydrogens is 295 g/mol. The van der Waals surface area contributed by atoms with Gasteiger partial charge in [0.15, 0.2) is 0 Å². The van der Waals surface area contributed by atoms with Crippen molar-refractivity contribution in [3.63, 3.8) is 0 Å². The third kappa shape index (κ3) is 3.33. The number of rotatable bonds is 2. The Morgan fingerprint density at radius 2 is 1.79 bits per heavy atom. The van der Waals surface area contributed by atoms with Gasteiger partial charge in [0.25, 0.3) is 5.91 Å². The van der Waals surface area contributed by atoms with Crippen LogP contribution in [-0.4, -0.2) is 16.2 Å². The van der Waals surface area contributed by atoms with Crippen molar-refractivity contribution in [3.8, 4) is 0 Å². The summed E-state index contributed by atoms with van der Waals surface area (Å²) in [6.45, 7) is 0. The molecule has 2 N–H and O–H groups in total. The molecule has 1 aromatic carbocycles. The Bertz CT molecular complexity index is 327. The SMILES string of the molecule is O=C(CI)NNC(=O)c1ccccc1. The van der Waals surface area contributed by atoms with Crippen LogP contribution in [0, 0.1) is 0 Å². The molecule has 0 aliphatic heterocycles. The van der Waals surface area contributed by atoms with Crippen molar-refractivity contribution in [2.75, 3.05) is 4.43 Å². The molecule has 0 atom stereocenters. The van der Waals surface area contributed by atoms with Gasteiger partial charge in [-0.05, 0) is 12.1 Å². The first-order chi connectivity index (χ1) is 6.74. The molecule has 14 heavy (non-hydrogen) atoms. The Hall–Kier alpha value is -1.11. The number of carbonyl (C=O) groups excluding carboxylic acids is 2. The van der Waals surface area contributed by atoms with E-state index in [1.165, 1.54) is 0 Å². The van der Waals surface area contributed by atoms with Gasteiger partial charge in [-0.3, -0.25) is 20.4 Å². The van der Waals surface area contributed by atoms with E-state index in [4.69, 9.17) is 0 Å². The van der Waals surface area contributed by atoms with E-state index in [0.717, 1.165) is 0 Å². The summed E-state index contributed by atoms with van der Waals surface area (Å²) < 4.78 is 0.312. The second-order valence-corrected chi connectivity index (χ2v) is 3.26. The van der Waals surface area contributed by atoms with E-state index in [2.05, 4.69) is 10.9 Å². The highest BCUT2D eigenvalue weighted by molar-refractivity contribution is 14.1. The fraction of sp³-hybridized carbons (Fsp3) is 0.111. The fourth-order valence-corrected chi connectivity index (χ4v) is 1.01. The predicted molar refractivity (Wildman–Crippen MR) is 60.9 cm³/mol. The van der Waals surface area contributed by atoms with E-state index < -0.39 is 0 Å². The molecule has 0 fully saturated rings. The molecule has 74 valence electrons. The van der Waals surface area contributed by atoms with Crippen molar-refractivity contribution in [2.45, 2.75) is 0 Å². The van der Waals surface area contributed by atoms with E-state index in [1.54, 1.807) is 24.3 Å². The van der Waals surface area contributed by atoms with Crippen molar-refractivity contribution in [1.29, 1.82) is 0 Å². The second kappa shape index (κ2) is 5.58. The van der Waals surface area contributed by atoms with E-state index in [0.29, 0.717) is 9.99 Å². The molecule has 1 rings (SSSR count). The maximum Gasteiger partial charge on any atom is 0.269 e. The predicted octanol–water partition coefficient (Wildman–Crippen LogP) is 0.883. The highest BCUT2D eigenvalue weighted by atomic mass is 127. The van der Waals surface area contributed by atoms with Crippen LogP contribution in [0.5, 0.6) is 0 Å². The summed E-state index contributed by atoms with van der Waals surface area (Å²) in [7, 11) is 0. The molecule has 5 heteroatoms. The second-order valence-electron chi connectivity index (χ2n) is 2.50. The molecule has 0 spiro atoms. The zero-order valence-electron chi connectivity index (χ0n) is 7.29. The Kier molecular flexibility index (Phi) is 4.37.